The maximum Gasteiger partial charge on any atom is 0.120 e. The third kappa shape index (κ3) is 2.78. The number of benzene rings is 1. The van der Waals surface area contributed by atoms with Gasteiger partial charge in [-0.25, -0.2) is 0 Å². The molecule has 0 bridgehead atoms. The molecule has 1 aromatic carbocycles. The van der Waals surface area contributed by atoms with E-state index in [1.54, 1.807) is 7.11 Å². The minimum absolute atomic E-state index is 0.586. The van der Waals surface area contributed by atoms with E-state index in [9.17, 15) is 0 Å². The lowest BCUT2D eigenvalue weighted by molar-refractivity contribution is 0.414. The molecule has 0 aliphatic carbocycles. The molecular formula is C15H24N2O. The molecule has 1 heterocycles. The molecule has 1 atom stereocenters. The molecule has 1 fully saturated rings. The van der Waals surface area contributed by atoms with Gasteiger partial charge in [0.15, 0.2) is 0 Å². The highest BCUT2D eigenvalue weighted by molar-refractivity contribution is 5.58. The van der Waals surface area contributed by atoms with Gasteiger partial charge in [-0.3, -0.25) is 0 Å². The Morgan fingerprint density at radius 2 is 2.17 bits per heavy atom. The minimum Gasteiger partial charge on any atom is -0.497 e. The maximum atomic E-state index is 5.87. The van der Waals surface area contributed by atoms with Crippen LogP contribution in [-0.2, 0) is 6.54 Å². The number of anilines is 1. The third-order valence-electron chi connectivity index (χ3n) is 3.87. The number of methoxy groups -OCH3 is 1. The van der Waals surface area contributed by atoms with Crippen LogP contribution >= 0.6 is 0 Å². The summed E-state index contributed by atoms with van der Waals surface area (Å²) in [6, 6.07) is 6.80. The number of ether oxygens (including phenoxy) is 1. The molecule has 2 N–H and O–H groups in total. The lowest BCUT2D eigenvalue weighted by Crippen LogP contribution is -2.33. The van der Waals surface area contributed by atoms with E-state index in [4.69, 9.17) is 10.5 Å². The molecule has 0 radical (unpaired) electrons. The van der Waals surface area contributed by atoms with Crippen molar-refractivity contribution in [2.24, 2.45) is 5.73 Å². The quantitative estimate of drug-likeness (QED) is 0.894. The van der Waals surface area contributed by atoms with Crippen molar-refractivity contribution in [1.29, 1.82) is 0 Å². The zero-order valence-electron chi connectivity index (χ0n) is 11.5. The van der Waals surface area contributed by atoms with Crippen molar-refractivity contribution in [3.63, 3.8) is 0 Å². The molecule has 1 aromatic rings. The summed E-state index contributed by atoms with van der Waals surface area (Å²) in [5.41, 5.74) is 8.33. The molecule has 0 spiro atoms. The summed E-state index contributed by atoms with van der Waals surface area (Å²) >= 11 is 0. The Morgan fingerprint density at radius 3 is 2.89 bits per heavy atom. The molecule has 3 heteroatoms. The predicted molar refractivity (Wildman–Crippen MR) is 76.2 cm³/mol. The summed E-state index contributed by atoms with van der Waals surface area (Å²) in [4.78, 5) is 2.50. The van der Waals surface area contributed by atoms with E-state index in [0.29, 0.717) is 12.6 Å². The van der Waals surface area contributed by atoms with Crippen LogP contribution in [0.2, 0.25) is 0 Å². The van der Waals surface area contributed by atoms with Gasteiger partial charge in [0.25, 0.3) is 0 Å². The minimum atomic E-state index is 0.586. The number of hydrogen-bond donors (Lipinski definition) is 1. The van der Waals surface area contributed by atoms with Gasteiger partial charge >= 0.3 is 0 Å². The van der Waals surface area contributed by atoms with E-state index in [-0.39, 0.29) is 0 Å². The van der Waals surface area contributed by atoms with Crippen LogP contribution in [-0.4, -0.2) is 19.7 Å². The van der Waals surface area contributed by atoms with Crippen LogP contribution in [0.5, 0.6) is 5.75 Å². The summed E-state index contributed by atoms with van der Waals surface area (Å²) in [6.07, 6.45) is 5.20. The number of hydrogen-bond acceptors (Lipinski definition) is 3. The second-order valence-corrected chi connectivity index (χ2v) is 5.09. The first-order valence-electron chi connectivity index (χ1n) is 6.90. The molecule has 1 saturated heterocycles. The second-order valence-electron chi connectivity index (χ2n) is 5.09. The highest BCUT2D eigenvalue weighted by atomic mass is 16.5. The van der Waals surface area contributed by atoms with Gasteiger partial charge in [0.05, 0.1) is 7.11 Å². The fourth-order valence-corrected chi connectivity index (χ4v) is 2.74. The van der Waals surface area contributed by atoms with Crippen molar-refractivity contribution < 1.29 is 4.74 Å². The Labute approximate surface area is 110 Å². The van der Waals surface area contributed by atoms with E-state index in [2.05, 4.69) is 24.0 Å². The molecule has 2 rings (SSSR count). The largest absolute Gasteiger partial charge is 0.497 e. The molecular weight excluding hydrogens is 224 g/mol. The Kier molecular flexibility index (Phi) is 4.48. The van der Waals surface area contributed by atoms with Gasteiger partial charge in [0.1, 0.15) is 5.75 Å². The first-order chi connectivity index (χ1) is 8.76. The molecule has 1 unspecified atom stereocenters. The average Bonchev–Trinajstić information content (AvgIpc) is 2.62. The van der Waals surface area contributed by atoms with Crippen molar-refractivity contribution in [2.45, 2.75) is 45.2 Å². The standard InChI is InChI=1S/C15H24N2O/c1-12-6-4-3-5-9-17(12)15-10-14(18-2)8-7-13(15)11-16/h7-8,10,12H,3-6,9,11,16H2,1-2H3. The topological polar surface area (TPSA) is 38.5 Å². The third-order valence-corrected chi connectivity index (χ3v) is 3.87. The van der Waals surface area contributed by atoms with Crippen molar-refractivity contribution in [3.8, 4) is 5.75 Å². The van der Waals surface area contributed by atoms with Gasteiger partial charge in [0.2, 0.25) is 0 Å². The molecule has 0 aromatic heterocycles. The van der Waals surface area contributed by atoms with Crippen LogP contribution in [0.15, 0.2) is 18.2 Å². The number of rotatable bonds is 3. The fraction of sp³-hybridized carbons (Fsp3) is 0.600. The Bertz CT molecular complexity index is 392. The molecule has 3 nitrogen and oxygen atoms in total. The van der Waals surface area contributed by atoms with E-state index in [1.807, 2.05) is 6.07 Å². The summed E-state index contributed by atoms with van der Waals surface area (Å²) in [7, 11) is 1.72. The second kappa shape index (κ2) is 6.10. The van der Waals surface area contributed by atoms with Crippen LogP contribution in [0, 0.1) is 0 Å². The van der Waals surface area contributed by atoms with Crippen LogP contribution in [0.3, 0.4) is 0 Å². The molecule has 1 aliphatic rings. The lowest BCUT2D eigenvalue weighted by Gasteiger charge is -2.31. The van der Waals surface area contributed by atoms with E-state index in [0.717, 1.165) is 12.3 Å². The van der Waals surface area contributed by atoms with Gasteiger partial charge in [-0.2, -0.15) is 0 Å². The normalized spacial score (nSPS) is 20.6. The Balaban J connectivity index is 2.33. The molecule has 1 aliphatic heterocycles. The van der Waals surface area contributed by atoms with Gasteiger partial charge in [-0.1, -0.05) is 18.9 Å². The van der Waals surface area contributed by atoms with Crippen LogP contribution in [0.1, 0.15) is 38.2 Å². The van der Waals surface area contributed by atoms with Crippen molar-refractivity contribution in [2.75, 3.05) is 18.6 Å². The fourth-order valence-electron chi connectivity index (χ4n) is 2.74. The summed E-state index contributed by atoms with van der Waals surface area (Å²) in [6.45, 7) is 4.02. The molecule has 18 heavy (non-hydrogen) atoms. The van der Waals surface area contributed by atoms with Crippen LogP contribution in [0.4, 0.5) is 5.69 Å². The first kappa shape index (κ1) is 13.2. The van der Waals surface area contributed by atoms with E-state index >= 15 is 0 Å². The number of nitrogens with two attached hydrogens (primary N) is 1. The SMILES string of the molecule is COc1ccc(CN)c(N2CCCCCC2C)c1. The zero-order valence-corrected chi connectivity index (χ0v) is 11.5. The Hall–Kier alpha value is -1.22. The maximum absolute atomic E-state index is 5.87. The van der Waals surface area contributed by atoms with Crippen LogP contribution in [0.25, 0.3) is 0 Å². The highest BCUT2D eigenvalue weighted by Crippen LogP contribution is 2.30. The lowest BCUT2D eigenvalue weighted by atomic mass is 10.1. The van der Waals surface area contributed by atoms with Gasteiger partial charge < -0.3 is 15.4 Å². The number of nitrogens with zero attached hydrogens (tertiary/aromatic N) is 1. The zero-order chi connectivity index (χ0) is 13.0. The average molecular weight is 248 g/mol. The smallest absolute Gasteiger partial charge is 0.120 e. The first-order valence-corrected chi connectivity index (χ1v) is 6.90. The van der Waals surface area contributed by atoms with Gasteiger partial charge in [-0.15, -0.1) is 0 Å². The van der Waals surface area contributed by atoms with Crippen molar-refractivity contribution in [1.82, 2.24) is 0 Å². The van der Waals surface area contributed by atoms with Crippen molar-refractivity contribution >= 4 is 5.69 Å². The highest BCUT2D eigenvalue weighted by Gasteiger charge is 2.19. The molecule has 0 saturated carbocycles. The molecule has 100 valence electrons. The van der Waals surface area contributed by atoms with Crippen molar-refractivity contribution in [3.05, 3.63) is 23.8 Å². The predicted octanol–water partition coefficient (Wildman–Crippen LogP) is 2.92. The Morgan fingerprint density at radius 1 is 1.33 bits per heavy atom. The summed E-state index contributed by atoms with van der Waals surface area (Å²) in [5.74, 6) is 0.915. The molecule has 0 amide bonds. The van der Waals surface area contributed by atoms with E-state index < -0.39 is 0 Å². The van der Waals surface area contributed by atoms with Gasteiger partial charge in [0, 0.05) is 30.9 Å². The van der Waals surface area contributed by atoms with Gasteiger partial charge in [-0.05, 0) is 31.4 Å². The summed E-state index contributed by atoms with van der Waals surface area (Å²) in [5, 5.41) is 0. The monoisotopic (exact) mass is 248 g/mol. The summed E-state index contributed by atoms with van der Waals surface area (Å²) < 4.78 is 5.34. The van der Waals surface area contributed by atoms with Crippen LogP contribution < -0.4 is 15.4 Å². The van der Waals surface area contributed by atoms with E-state index in [1.165, 1.54) is 36.9 Å².